The standard InChI is InChI=1S/C27H28N2O2S/c1-3-16-32-26-28-24-22-13-6-5-10-19(22)18-27(14-7-4-8-15-27)23(24)25(30)29(26)20-11-9-12-21(17-20)31-2/h3,5-6,9-13,17H,1,4,7-8,14-16,18H2,2H3. The normalized spacial score (nSPS) is 16.3. The molecule has 5 rings (SSSR count). The Balaban J connectivity index is 1.82. The van der Waals surface area contributed by atoms with Crippen LogP contribution in [0.25, 0.3) is 16.9 Å². The summed E-state index contributed by atoms with van der Waals surface area (Å²) in [4.78, 5) is 19.5. The predicted octanol–water partition coefficient (Wildman–Crippen LogP) is 5.94. The molecule has 2 aromatic carbocycles. The van der Waals surface area contributed by atoms with Crippen molar-refractivity contribution < 1.29 is 4.74 Å². The number of benzene rings is 2. The Bertz CT molecular complexity index is 1220. The topological polar surface area (TPSA) is 44.1 Å². The first-order valence-electron chi connectivity index (χ1n) is 11.3. The number of hydrogen-bond acceptors (Lipinski definition) is 4. The molecule has 1 aromatic heterocycles. The molecule has 0 aliphatic heterocycles. The van der Waals surface area contributed by atoms with Gasteiger partial charge >= 0.3 is 0 Å². The van der Waals surface area contributed by atoms with Crippen LogP contribution in [-0.2, 0) is 11.8 Å². The minimum atomic E-state index is -0.131. The molecule has 0 unspecified atom stereocenters. The number of ether oxygens (including phenoxy) is 1. The van der Waals surface area contributed by atoms with E-state index in [0.717, 1.165) is 60.4 Å². The monoisotopic (exact) mass is 444 g/mol. The third-order valence-electron chi connectivity index (χ3n) is 6.84. The van der Waals surface area contributed by atoms with E-state index in [4.69, 9.17) is 9.72 Å². The van der Waals surface area contributed by atoms with Crippen LogP contribution in [0, 0.1) is 0 Å². The number of aromatic nitrogens is 2. The predicted molar refractivity (Wildman–Crippen MR) is 131 cm³/mol. The van der Waals surface area contributed by atoms with Gasteiger partial charge in [-0.25, -0.2) is 4.98 Å². The Morgan fingerprint density at radius 3 is 2.75 bits per heavy atom. The van der Waals surface area contributed by atoms with Crippen LogP contribution in [0.3, 0.4) is 0 Å². The van der Waals surface area contributed by atoms with Crippen LogP contribution in [0.5, 0.6) is 5.75 Å². The Kier molecular flexibility index (Phi) is 5.68. The van der Waals surface area contributed by atoms with Gasteiger partial charge in [0.15, 0.2) is 5.16 Å². The maximum atomic E-state index is 14.3. The van der Waals surface area contributed by atoms with E-state index in [1.54, 1.807) is 23.4 Å². The van der Waals surface area contributed by atoms with E-state index < -0.39 is 0 Å². The summed E-state index contributed by atoms with van der Waals surface area (Å²) >= 11 is 1.55. The van der Waals surface area contributed by atoms with Crippen LogP contribution >= 0.6 is 11.8 Å². The molecule has 2 aliphatic carbocycles. The Morgan fingerprint density at radius 2 is 1.97 bits per heavy atom. The fraction of sp³-hybridized carbons (Fsp3) is 0.333. The minimum Gasteiger partial charge on any atom is -0.497 e. The molecule has 0 radical (unpaired) electrons. The van der Waals surface area contributed by atoms with Gasteiger partial charge in [0.2, 0.25) is 0 Å². The van der Waals surface area contributed by atoms with Crippen molar-refractivity contribution in [1.29, 1.82) is 0 Å². The summed E-state index contributed by atoms with van der Waals surface area (Å²) in [5.41, 5.74) is 4.92. The molecular formula is C27H28N2O2S. The summed E-state index contributed by atoms with van der Waals surface area (Å²) < 4.78 is 7.24. The number of hydrogen-bond donors (Lipinski definition) is 0. The molecule has 0 saturated heterocycles. The highest BCUT2D eigenvalue weighted by molar-refractivity contribution is 7.99. The lowest BCUT2D eigenvalue weighted by molar-refractivity contribution is 0.283. The van der Waals surface area contributed by atoms with E-state index in [-0.39, 0.29) is 11.0 Å². The number of thioether (sulfide) groups is 1. The van der Waals surface area contributed by atoms with Crippen molar-refractivity contribution in [1.82, 2.24) is 9.55 Å². The fourth-order valence-electron chi connectivity index (χ4n) is 5.40. The lowest BCUT2D eigenvalue weighted by Gasteiger charge is -2.42. The summed E-state index contributed by atoms with van der Waals surface area (Å²) in [5.74, 6) is 1.41. The molecular weight excluding hydrogens is 416 g/mol. The van der Waals surface area contributed by atoms with E-state index in [1.807, 2.05) is 36.4 Å². The first kappa shape index (κ1) is 21.1. The van der Waals surface area contributed by atoms with Crippen molar-refractivity contribution in [2.24, 2.45) is 0 Å². The number of rotatable bonds is 5. The fourth-order valence-corrected chi connectivity index (χ4v) is 6.14. The van der Waals surface area contributed by atoms with Crippen molar-refractivity contribution >= 4 is 11.8 Å². The van der Waals surface area contributed by atoms with Crippen molar-refractivity contribution in [3.8, 4) is 22.7 Å². The molecule has 1 spiro atoms. The molecule has 164 valence electrons. The van der Waals surface area contributed by atoms with Crippen molar-refractivity contribution in [3.63, 3.8) is 0 Å². The average molecular weight is 445 g/mol. The van der Waals surface area contributed by atoms with E-state index in [1.165, 1.54) is 12.0 Å². The summed E-state index contributed by atoms with van der Waals surface area (Å²) in [6, 6.07) is 16.2. The van der Waals surface area contributed by atoms with E-state index >= 15 is 0 Å². The highest BCUT2D eigenvalue weighted by atomic mass is 32.2. The summed E-state index contributed by atoms with van der Waals surface area (Å²) in [7, 11) is 1.65. The Morgan fingerprint density at radius 1 is 1.16 bits per heavy atom. The maximum Gasteiger partial charge on any atom is 0.263 e. The Hall–Kier alpha value is -2.79. The summed E-state index contributed by atoms with van der Waals surface area (Å²) in [5, 5.41) is 0.699. The van der Waals surface area contributed by atoms with Gasteiger partial charge in [0.1, 0.15) is 5.75 Å². The lowest BCUT2D eigenvalue weighted by Crippen LogP contribution is -2.42. The highest BCUT2D eigenvalue weighted by Crippen LogP contribution is 2.49. The molecule has 1 fully saturated rings. The molecule has 2 aliphatic rings. The van der Waals surface area contributed by atoms with E-state index in [0.29, 0.717) is 10.9 Å². The second-order valence-corrected chi connectivity index (χ2v) is 9.72. The van der Waals surface area contributed by atoms with Crippen LogP contribution in [-0.4, -0.2) is 22.4 Å². The van der Waals surface area contributed by atoms with Gasteiger partial charge in [0.05, 0.1) is 24.1 Å². The van der Waals surface area contributed by atoms with Gasteiger partial charge in [-0.2, -0.15) is 0 Å². The largest absolute Gasteiger partial charge is 0.497 e. The van der Waals surface area contributed by atoms with Crippen LogP contribution in [0.15, 0.2) is 71.1 Å². The van der Waals surface area contributed by atoms with Crippen molar-refractivity contribution in [3.05, 3.63) is 82.7 Å². The molecule has 4 nitrogen and oxygen atoms in total. The second kappa shape index (κ2) is 8.62. The molecule has 32 heavy (non-hydrogen) atoms. The van der Waals surface area contributed by atoms with Gasteiger partial charge in [-0.15, -0.1) is 6.58 Å². The highest BCUT2D eigenvalue weighted by Gasteiger charge is 2.43. The lowest BCUT2D eigenvalue weighted by atomic mass is 9.62. The van der Waals surface area contributed by atoms with Crippen molar-refractivity contribution in [2.45, 2.75) is 49.1 Å². The molecule has 0 atom stereocenters. The smallest absolute Gasteiger partial charge is 0.263 e. The first-order chi connectivity index (χ1) is 15.7. The molecule has 0 N–H and O–H groups in total. The molecule has 0 amide bonds. The number of nitrogens with zero attached hydrogens (tertiary/aromatic N) is 2. The van der Waals surface area contributed by atoms with Gasteiger partial charge in [0.25, 0.3) is 5.56 Å². The van der Waals surface area contributed by atoms with Gasteiger partial charge in [-0.1, -0.05) is 67.4 Å². The van der Waals surface area contributed by atoms with Gasteiger partial charge in [-0.3, -0.25) is 9.36 Å². The minimum absolute atomic E-state index is 0.0613. The van der Waals surface area contributed by atoms with E-state index in [2.05, 4.69) is 24.8 Å². The summed E-state index contributed by atoms with van der Waals surface area (Å²) in [6.07, 6.45) is 8.42. The van der Waals surface area contributed by atoms with Gasteiger partial charge in [-0.05, 0) is 37.0 Å². The van der Waals surface area contributed by atoms with Crippen molar-refractivity contribution in [2.75, 3.05) is 12.9 Å². The van der Waals surface area contributed by atoms with Crippen LogP contribution in [0.2, 0.25) is 0 Å². The molecule has 1 heterocycles. The Labute approximate surface area is 193 Å². The molecule has 5 heteroatoms. The van der Waals surface area contributed by atoms with Gasteiger partial charge < -0.3 is 4.74 Å². The zero-order valence-corrected chi connectivity index (χ0v) is 19.3. The SMILES string of the molecule is C=CCSc1nc2c(c(=O)n1-c1cccc(OC)c1)C1(CCCCC1)Cc1ccccc1-2. The quantitative estimate of drug-likeness (QED) is 0.277. The van der Waals surface area contributed by atoms with Crippen LogP contribution in [0.1, 0.15) is 43.2 Å². The average Bonchev–Trinajstić information content (AvgIpc) is 2.83. The summed E-state index contributed by atoms with van der Waals surface area (Å²) in [6.45, 7) is 3.86. The van der Waals surface area contributed by atoms with Crippen LogP contribution < -0.4 is 10.3 Å². The van der Waals surface area contributed by atoms with Crippen LogP contribution in [0.4, 0.5) is 0 Å². The third kappa shape index (κ3) is 3.49. The zero-order valence-electron chi connectivity index (χ0n) is 18.5. The molecule has 1 saturated carbocycles. The van der Waals surface area contributed by atoms with E-state index in [9.17, 15) is 4.79 Å². The molecule has 0 bridgehead atoms. The zero-order chi connectivity index (χ0) is 22.1. The first-order valence-corrected chi connectivity index (χ1v) is 12.3. The third-order valence-corrected chi connectivity index (χ3v) is 7.77. The second-order valence-electron chi connectivity index (χ2n) is 8.73. The maximum absolute atomic E-state index is 14.3. The number of fused-ring (bicyclic) bond motifs is 4. The molecule has 3 aromatic rings. The van der Waals surface area contributed by atoms with Gasteiger partial charge in [0, 0.05) is 22.8 Å². The number of methoxy groups -OCH3 is 1.